The van der Waals surface area contributed by atoms with Crippen LogP contribution in [-0.2, 0) is 28.9 Å². The summed E-state index contributed by atoms with van der Waals surface area (Å²) in [4.78, 5) is 23.2. The number of fused-ring (bicyclic) bond motifs is 2. The minimum absolute atomic E-state index is 0.218. The predicted octanol–water partition coefficient (Wildman–Crippen LogP) is 7.46. The van der Waals surface area contributed by atoms with Crippen molar-refractivity contribution in [3.8, 4) is 0 Å². The molecule has 2 aliphatic rings. The van der Waals surface area contributed by atoms with E-state index in [0.29, 0.717) is 12.8 Å². The van der Waals surface area contributed by atoms with Crippen molar-refractivity contribution in [1.82, 2.24) is 0 Å². The Morgan fingerprint density at radius 3 is 1.94 bits per heavy atom. The Balaban J connectivity index is 0.000000187. The van der Waals surface area contributed by atoms with Gasteiger partial charge < -0.3 is 4.90 Å². The molecule has 2 aromatic rings. The molecule has 0 saturated carbocycles. The summed E-state index contributed by atoms with van der Waals surface area (Å²) in [7, 11) is 0. The zero-order valence-corrected chi connectivity index (χ0v) is 22.6. The number of benzene rings is 2. The molecule has 1 aliphatic heterocycles. The molecular weight excluding hydrogens is 542 g/mol. The van der Waals surface area contributed by atoms with E-state index in [1.807, 2.05) is 11.8 Å². The van der Waals surface area contributed by atoms with E-state index in [4.69, 9.17) is 11.6 Å². The maximum Gasteiger partial charge on any atom is 0.226 e. The smallest absolute Gasteiger partial charge is 0.226 e. The molecule has 0 spiro atoms. The molecule has 31 heavy (non-hydrogen) atoms. The molecule has 0 bridgehead atoms. The average Bonchev–Trinajstić information content (AvgIpc) is 3.35. The number of amides is 1. The van der Waals surface area contributed by atoms with Gasteiger partial charge in [-0.3, -0.25) is 9.59 Å². The zero-order valence-electron chi connectivity index (χ0n) is 18.7. The first kappa shape index (κ1) is 26.1. The Morgan fingerprint density at radius 1 is 0.871 bits per heavy atom. The van der Waals surface area contributed by atoms with Gasteiger partial charge in [-0.25, -0.2) is 0 Å². The molecule has 0 N–H and O–H groups in total. The second-order valence-corrected chi connectivity index (χ2v) is 9.94. The summed E-state index contributed by atoms with van der Waals surface area (Å²) in [5, 5.41) is -0.273. The first-order valence-corrected chi connectivity index (χ1v) is 12.7. The highest BCUT2D eigenvalue weighted by Crippen LogP contribution is 2.33. The van der Waals surface area contributed by atoms with Crippen LogP contribution in [0.25, 0.3) is 0 Å². The van der Waals surface area contributed by atoms with Crippen LogP contribution >= 0.6 is 43.5 Å². The Bertz CT molecular complexity index is 930. The van der Waals surface area contributed by atoms with Crippen molar-refractivity contribution in [3.63, 3.8) is 0 Å². The van der Waals surface area contributed by atoms with Gasteiger partial charge in [-0.15, -0.1) is 0 Å². The van der Waals surface area contributed by atoms with E-state index in [1.165, 1.54) is 40.4 Å². The van der Waals surface area contributed by atoms with Crippen LogP contribution in [0.2, 0.25) is 0 Å². The number of carbonyl (C=O) groups is 2. The molecule has 2 aromatic carbocycles. The number of hydrogen-bond acceptors (Lipinski definition) is 2. The Morgan fingerprint density at radius 2 is 1.39 bits per heavy atom. The summed E-state index contributed by atoms with van der Waals surface area (Å²) in [5.41, 5.74) is 8.03. The van der Waals surface area contributed by atoms with Crippen LogP contribution in [0.15, 0.2) is 33.2 Å². The summed E-state index contributed by atoms with van der Waals surface area (Å²) >= 11 is 11.9. The second-order valence-electron chi connectivity index (χ2n) is 7.81. The largest absolute Gasteiger partial charge is 0.312 e. The highest BCUT2D eigenvalue weighted by molar-refractivity contribution is 9.10. The molecule has 0 atom stereocenters. The highest BCUT2D eigenvalue weighted by atomic mass is 79.9. The maximum absolute atomic E-state index is 11.7. The van der Waals surface area contributed by atoms with E-state index < -0.39 is 0 Å². The molecule has 1 aliphatic carbocycles. The third-order valence-electron chi connectivity index (χ3n) is 5.51. The normalized spacial score (nSPS) is 13.5. The van der Waals surface area contributed by atoms with E-state index in [1.54, 1.807) is 18.1 Å². The maximum atomic E-state index is 11.7. The van der Waals surface area contributed by atoms with Gasteiger partial charge in [0.1, 0.15) is 0 Å². The minimum Gasteiger partial charge on any atom is -0.312 e. The van der Waals surface area contributed by atoms with Crippen molar-refractivity contribution in [3.05, 3.63) is 61.0 Å². The van der Waals surface area contributed by atoms with Crippen LogP contribution in [0.5, 0.6) is 0 Å². The predicted molar refractivity (Wildman–Crippen MR) is 137 cm³/mol. The van der Waals surface area contributed by atoms with Gasteiger partial charge in [-0.05, 0) is 97.1 Å². The van der Waals surface area contributed by atoms with E-state index in [-0.39, 0.29) is 11.1 Å². The van der Waals surface area contributed by atoms with Gasteiger partial charge in [-0.1, -0.05) is 51.8 Å². The molecule has 0 saturated heterocycles. The van der Waals surface area contributed by atoms with Crippen LogP contribution in [-0.4, -0.2) is 17.7 Å². The fraction of sp³-hybridized carbons (Fsp3) is 0.440. The summed E-state index contributed by atoms with van der Waals surface area (Å²) < 4.78 is 2.39. The quantitative estimate of drug-likeness (QED) is 0.351. The molecule has 4 rings (SSSR count). The molecule has 1 amide bonds. The van der Waals surface area contributed by atoms with Crippen LogP contribution in [0, 0.1) is 13.8 Å². The van der Waals surface area contributed by atoms with E-state index in [2.05, 4.69) is 70.0 Å². The third kappa shape index (κ3) is 7.16. The summed E-state index contributed by atoms with van der Waals surface area (Å²) in [6.45, 7) is 8.67. The van der Waals surface area contributed by atoms with E-state index >= 15 is 0 Å². The summed E-state index contributed by atoms with van der Waals surface area (Å²) in [5.74, 6) is 0.218. The number of rotatable bonds is 2. The lowest BCUT2D eigenvalue weighted by atomic mass is 10.1. The molecule has 0 unspecified atom stereocenters. The topological polar surface area (TPSA) is 37.4 Å². The van der Waals surface area contributed by atoms with Crippen LogP contribution in [0.1, 0.15) is 60.9 Å². The lowest BCUT2D eigenvalue weighted by Gasteiger charge is -2.17. The number of carbonyl (C=O) groups excluding carboxylic acids is 2. The van der Waals surface area contributed by atoms with E-state index in [9.17, 15) is 9.59 Å². The monoisotopic (exact) mass is 569 g/mol. The number of aryl methyl sites for hydroxylation is 4. The van der Waals surface area contributed by atoms with Crippen molar-refractivity contribution in [2.24, 2.45) is 0 Å². The number of anilines is 1. The lowest BCUT2D eigenvalue weighted by molar-refractivity contribution is -0.118. The highest BCUT2D eigenvalue weighted by Gasteiger charge is 2.24. The first-order chi connectivity index (χ1) is 14.7. The Labute approximate surface area is 207 Å². The Kier molecular flexibility index (Phi) is 10.2. The fourth-order valence-corrected chi connectivity index (χ4v) is 4.46. The van der Waals surface area contributed by atoms with Crippen LogP contribution in [0.4, 0.5) is 5.69 Å². The average molecular weight is 572 g/mol. The molecule has 3 nitrogen and oxygen atoms in total. The first-order valence-electron chi connectivity index (χ1n) is 10.7. The standard InChI is InChI=1S/C12H14BrNO.C10H11Br.C3H5ClO/c1-3-12(15)14-5-4-9-7-10(13)8(2)6-11(9)14;1-7-5-8-3-2-4-9(8)6-10(7)11;1-2-3(4)5/h6-7H,3-5H2,1-2H3;5-6H,2-4H2,1H3;2H2,1H3. The van der Waals surface area contributed by atoms with Crippen molar-refractivity contribution < 1.29 is 9.59 Å². The number of hydrogen-bond donors (Lipinski definition) is 0. The van der Waals surface area contributed by atoms with Crippen LogP contribution in [0.3, 0.4) is 0 Å². The Hall–Kier alpha value is -1.17. The fourth-order valence-electron chi connectivity index (χ4n) is 3.68. The van der Waals surface area contributed by atoms with Gasteiger partial charge >= 0.3 is 0 Å². The molecule has 0 aromatic heterocycles. The van der Waals surface area contributed by atoms with Gasteiger partial charge in [0.15, 0.2) is 0 Å². The molecule has 0 fully saturated rings. The van der Waals surface area contributed by atoms with Crippen molar-refractivity contribution in [1.29, 1.82) is 0 Å². The van der Waals surface area contributed by atoms with E-state index in [0.717, 1.165) is 23.1 Å². The van der Waals surface area contributed by atoms with Crippen LogP contribution < -0.4 is 4.90 Å². The molecule has 6 heteroatoms. The second kappa shape index (κ2) is 12.2. The lowest BCUT2D eigenvalue weighted by Crippen LogP contribution is -2.27. The van der Waals surface area contributed by atoms with Crippen molar-refractivity contribution in [2.75, 3.05) is 11.4 Å². The van der Waals surface area contributed by atoms with Gasteiger partial charge in [0.25, 0.3) is 0 Å². The third-order valence-corrected chi connectivity index (χ3v) is 7.49. The van der Waals surface area contributed by atoms with Gasteiger partial charge in [0, 0.05) is 34.0 Å². The summed E-state index contributed by atoms with van der Waals surface area (Å²) in [6.07, 6.45) is 5.87. The van der Waals surface area contributed by atoms with Gasteiger partial charge in [-0.2, -0.15) is 0 Å². The number of halogens is 3. The SMILES string of the molecule is CCC(=O)Cl.CCC(=O)N1CCc2cc(Br)c(C)cc21.Cc1cc2c(cc1Br)CCC2. The minimum atomic E-state index is -0.273. The van der Waals surface area contributed by atoms with Crippen molar-refractivity contribution >= 4 is 60.3 Å². The molecule has 0 radical (unpaired) electrons. The number of nitrogens with zero attached hydrogens (tertiary/aromatic N) is 1. The zero-order chi connectivity index (χ0) is 23.1. The molecule has 168 valence electrons. The summed E-state index contributed by atoms with van der Waals surface area (Å²) in [6, 6.07) is 8.82. The van der Waals surface area contributed by atoms with Gasteiger partial charge in [0.2, 0.25) is 11.1 Å². The van der Waals surface area contributed by atoms with Gasteiger partial charge in [0.05, 0.1) is 0 Å². The van der Waals surface area contributed by atoms with Crippen molar-refractivity contribution in [2.45, 2.75) is 66.2 Å². The molecule has 1 heterocycles. The molecular formula is C25H30Br2ClNO2.